The smallest absolute Gasteiger partial charge is 0.404 e. The van der Waals surface area contributed by atoms with Gasteiger partial charge in [0.25, 0.3) is 0 Å². The second-order valence-electron chi connectivity index (χ2n) is 7.23. The quantitative estimate of drug-likeness (QED) is 0.848. The van der Waals surface area contributed by atoms with Crippen LogP contribution in [0.3, 0.4) is 0 Å². The standard InChI is InChI=1S/C19H23N5O3/c20-17-7-8-24(19(26)22-17)15-2-1-12-10-23(11-13(12)9-15)14-3-5-16(6-4-14)27-18(21)25/h1-2,7-9,14,16H,3-6,10-11H2,(H2,21,25)(H2,20,22,26)/t14-,16-. The summed E-state index contributed by atoms with van der Waals surface area (Å²) in [6, 6.07) is 8.16. The minimum absolute atomic E-state index is 0.0553. The van der Waals surface area contributed by atoms with Crippen LogP contribution < -0.4 is 17.2 Å². The van der Waals surface area contributed by atoms with Gasteiger partial charge in [-0.05, 0) is 55.0 Å². The third-order valence-electron chi connectivity index (χ3n) is 5.48. The molecular weight excluding hydrogens is 346 g/mol. The van der Waals surface area contributed by atoms with Crippen LogP contribution >= 0.6 is 0 Å². The molecule has 8 heteroatoms. The molecule has 2 heterocycles. The summed E-state index contributed by atoms with van der Waals surface area (Å²) >= 11 is 0. The van der Waals surface area contributed by atoms with Crippen molar-refractivity contribution in [3.8, 4) is 5.69 Å². The first kappa shape index (κ1) is 17.5. The normalized spacial score (nSPS) is 22.4. The van der Waals surface area contributed by atoms with E-state index in [0.717, 1.165) is 44.5 Å². The number of hydrogen-bond acceptors (Lipinski definition) is 6. The summed E-state index contributed by atoms with van der Waals surface area (Å²) in [5.41, 5.74) is 13.6. The average Bonchev–Trinajstić information content (AvgIpc) is 3.05. The largest absolute Gasteiger partial charge is 0.446 e. The molecule has 8 nitrogen and oxygen atoms in total. The number of rotatable bonds is 3. The number of benzene rings is 1. The van der Waals surface area contributed by atoms with Crippen molar-refractivity contribution in [3.05, 3.63) is 52.1 Å². The number of nitrogen functional groups attached to an aromatic ring is 1. The van der Waals surface area contributed by atoms with Crippen LogP contribution in [-0.2, 0) is 17.8 Å². The third kappa shape index (κ3) is 3.66. The van der Waals surface area contributed by atoms with Crippen molar-refractivity contribution in [1.29, 1.82) is 0 Å². The lowest BCUT2D eigenvalue weighted by atomic mass is 9.92. The number of ether oxygens (including phenoxy) is 1. The zero-order valence-corrected chi connectivity index (χ0v) is 15.0. The monoisotopic (exact) mass is 369 g/mol. The molecule has 1 aliphatic heterocycles. The Morgan fingerprint density at radius 3 is 2.56 bits per heavy atom. The van der Waals surface area contributed by atoms with Gasteiger partial charge in [0.05, 0.1) is 5.69 Å². The zero-order valence-electron chi connectivity index (χ0n) is 15.0. The Morgan fingerprint density at radius 2 is 1.85 bits per heavy atom. The lowest BCUT2D eigenvalue weighted by Crippen LogP contribution is -2.37. The van der Waals surface area contributed by atoms with E-state index in [0.29, 0.717) is 6.04 Å². The molecule has 1 saturated carbocycles. The maximum atomic E-state index is 12.1. The van der Waals surface area contributed by atoms with Gasteiger partial charge in [-0.3, -0.25) is 9.47 Å². The molecule has 4 rings (SSSR count). The first-order chi connectivity index (χ1) is 13.0. The molecule has 0 unspecified atom stereocenters. The number of aromatic nitrogens is 2. The van der Waals surface area contributed by atoms with Crippen LogP contribution in [-0.4, -0.2) is 32.7 Å². The van der Waals surface area contributed by atoms with Gasteiger partial charge < -0.3 is 16.2 Å². The highest BCUT2D eigenvalue weighted by molar-refractivity contribution is 5.64. The molecule has 0 saturated heterocycles. The second-order valence-corrected chi connectivity index (χ2v) is 7.23. The molecular formula is C19H23N5O3. The number of nitrogens with zero attached hydrogens (tertiary/aromatic N) is 3. The van der Waals surface area contributed by atoms with Gasteiger partial charge in [0, 0.05) is 25.3 Å². The highest BCUT2D eigenvalue weighted by Crippen LogP contribution is 2.32. The van der Waals surface area contributed by atoms with Crippen molar-refractivity contribution in [1.82, 2.24) is 14.5 Å². The number of carbonyl (C=O) groups excluding carboxylic acids is 1. The van der Waals surface area contributed by atoms with Gasteiger partial charge in [0.2, 0.25) is 0 Å². The molecule has 1 fully saturated rings. The Labute approximate surface area is 156 Å². The SMILES string of the molecule is NC(=O)O[C@H]1CC[C@H](N2Cc3ccc(-n4ccc(N)nc4=O)cc3C2)CC1. The molecule has 4 N–H and O–H groups in total. The van der Waals surface area contributed by atoms with Crippen LogP contribution in [0.2, 0.25) is 0 Å². The molecule has 0 atom stereocenters. The number of primary amides is 1. The van der Waals surface area contributed by atoms with Crippen molar-refractivity contribution in [3.63, 3.8) is 0 Å². The third-order valence-corrected chi connectivity index (χ3v) is 5.48. The average molecular weight is 369 g/mol. The maximum Gasteiger partial charge on any atom is 0.404 e. The van der Waals surface area contributed by atoms with E-state index >= 15 is 0 Å². The molecule has 0 radical (unpaired) electrons. The summed E-state index contributed by atoms with van der Waals surface area (Å²) in [5, 5.41) is 0. The maximum absolute atomic E-state index is 12.1. The molecule has 1 aliphatic carbocycles. The van der Waals surface area contributed by atoms with Crippen LogP contribution in [0.4, 0.5) is 10.6 Å². The van der Waals surface area contributed by atoms with Gasteiger partial charge >= 0.3 is 11.8 Å². The van der Waals surface area contributed by atoms with E-state index in [1.165, 1.54) is 15.7 Å². The summed E-state index contributed by atoms with van der Waals surface area (Å²) in [6.45, 7) is 1.75. The van der Waals surface area contributed by atoms with Crippen LogP contribution in [0.25, 0.3) is 5.69 Å². The van der Waals surface area contributed by atoms with Gasteiger partial charge in [-0.25, -0.2) is 9.59 Å². The Kier molecular flexibility index (Phi) is 4.57. The fourth-order valence-corrected chi connectivity index (χ4v) is 4.12. The minimum atomic E-state index is -0.688. The topological polar surface area (TPSA) is 116 Å². The fraction of sp³-hybridized carbons (Fsp3) is 0.421. The lowest BCUT2D eigenvalue weighted by Gasteiger charge is -2.33. The Balaban J connectivity index is 1.45. The van der Waals surface area contributed by atoms with Gasteiger partial charge in [-0.15, -0.1) is 0 Å². The first-order valence-electron chi connectivity index (χ1n) is 9.17. The van der Waals surface area contributed by atoms with Gasteiger partial charge in [0.15, 0.2) is 0 Å². The molecule has 0 spiro atoms. The predicted molar refractivity (Wildman–Crippen MR) is 100 cm³/mol. The van der Waals surface area contributed by atoms with E-state index in [-0.39, 0.29) is 17.6 Å². The molecule has 27 heavy (non-hydrogen) atoms. The number of anilines is 1. The fourth-order valence-electron chi connectivity index (χ4n) is 4.12. The molecule has 1 aromatic carbocycles. The van der Waals surface area contributed by atoms with Gasteiger partial charge in [-0.1, -0.05) is 6.07 Å². The summed E-state index contributed by atoms with van der Waals surface area (Å²) in [4.78, 5) is 29.2. The van der Waals surface area contributed by atoms with E-state index < -0.39 is 6.09 Å². The van der Waals surface area contributed by atoms with Crippen LogP contribution in [0.1, 0.15) is 36.8 Å². The zero-order chi connectivity index (χ0) is 19.0. The summed E-state index contributed by atoms with van der Waals surface area (Å²) in [7, 11) is 0. The lowest BCUT2D eigenvalue weighted by molar-refractivity contribution is 0.0516. The second kappa shape index (κ2) is 7.03. The summed E-state index contributed by atoms with van der Waals surface area (Å²) in [6.07, 6.45) is 4.57. The van der Waals surface area contributed by atoms with Gasteiger partial charge in [0.1, 0.15) is 11.9 Å². The predicted octanol–water partition coefficient (Wildman–Crippen LogP) is 1.54. The van der Waals surface area contributed by atoms with E-state index in [9.17, 15) is 9.59 Å². The van der Waals surface area contributed by atoms with E-state index in [1.807, 2.05) is 6.07 Å². The van der Waals surface area contributed by atoms with E-state index in [1.54, 1.807) is 12.3 Å². The highest BCUT2D eigenvalue weighted by atomic mass is 16.6. The van der Waals surface area contributed by atoms with Crippen molar-refractivity contribution >= 4 is 11.9 Å². The molecule has 2 aliphatic rings. The number of fused-ring (bicyclic) bond motifs is 1. The Hall–Kier alpha value is -2.87. The number of nitrogens with two attached hydrogens (primary N) is 2. The van der Waals surface area contributed by atoms with Crippen molar-refractivity contribution in [2.45, 2.75) is 50.9 Å². The van der Waals surface area contributed by atoms with Crippen LogP contribution in [0.15, 0.2) is 35.3 Å². The van der Waals surface area contributed by atoms with E-state index in [2.05, 4.69) is 22.0 Å². The number of amides is 1. The molecule has 2 aromatic rings. The molecule has 1 amide bonds. The van der Waals surface area contributed by atoms with E-state index in [4.69, 9.17) is 16.2 Å². The number of hydrogen-bond donors (Lipinski definition) is 2. The molecule has 142 valence electrons. The molecule has 1 aromatic heterocycles. The summed E-state index contributed by atoms with van der Waals surface area (Å²) in [5.74, 6) is 0.222. The Morgan fingerprint density at radius 1 is 1.11 bits per heavy atom. The summed E-state index contributed by atoms with van der Waals surface area (Å²) < 4.78 is 6.63. The van der Waals surface area contributed by atoms with Crippen LogP contribution in [0.5, 0.6) is 0 Å². The minimum Gasteiger partial charge on any atom is -0.446 e. The highest BCUT2D eigenvalue weighted by Gasteiger charge is 2.31. The van der Waals surface area contributed by atoms with Gasteiger partial charge in [-0.2, -0.15) is 4.98 Å². The molecule has 0 bridgehead atoms. The van der Waals surface area contributed by atoms with Crippen molar-refractivity contribution in [2.24, 2.45) is 5.73 Å². The van der Waals surface area contributed by atoms with Crippen molar-refractivity contribution < 1.29 is 9.53 Å². The van der Waals surface area contributed by atoms with Crippen LogP contribution in [0, 0.1) is 0 Å². The van der Waals surface area contributed by atoms with Crippen molar-refractivity contribution in [2.75, 3.05) is 5.73 Å². The first-order valence-corrected chi connectivity index (χ1v) is 9.17. The number of carbonyl (C=O) groups is 1. The Bertz CT molecular complexity index is 918.